The number of Topliss-reactive ketones (excluding diaryl/α,β-unsaturated/α-hetero) is 1. The summed E-state index contributed by atoms with van der Waals surface area (Å²) >= 11 is 0. The highest BCUT2D eigenvalue weighted by molar-refractivity contribution is 5.77. The summed E-state index contributed by atoms with van der Waals surface area (Å²) in [7, 11) is 0. The second-order valence-electron chi connectivity index (χ2n) is 4.54. The van der Waals surface area contributed by atoms with Crippen LogP contribution in [-0.2, 0) is 4.79 Å². The van der Waals surface area contributed by atoms with E-state index in [1.165, 1.54) is 5.56 Å². The molecule has 0 N–H and O–H groups in total. The van der Waals surface area contributed by atoms with Crippen molar-refractivity contribution in [2.75, 3.05) is 6.61 Å². The Morgan fingerprint density at radius 3 is 2.65 bits per heavy atom. The third-order valence-corrected chi connectivity index (χ3v) is 2.79. The minimum absolute atomic E-state index is 0.311. The summed E-state index contributed by atoms with van der Waals surface area (Å²) in [5.41, 5.74) is 1.23. The molecule has 0 bridgehead atoms. The topological polar surface area (TPSA) is 26.3 Å². The lowest BCUT2D eigenvalue weighted by molar-refractivity contribution is -0.118. The van der Waals surface area contributed by atoms with Crippen LogP contribution in [0.4, 0.5) is 0 Å². The van der Waals surface area contributed by atoms with E-state index in [0.717, 1.165) is 12.2 Å². The Bertz CT molecular complexity index is 356. The largest absolute Gasteiger partial charge is 0.493 e. The third kappa shape index (κ3) is 4.59. The van der Waals surface area contributed by atoms with Crippen LogP contribution in [0.25, 0.3) is 0 Å². The van der Waals surface area contributed by atoms with Crippen LogP contribution in [0.3, 0.4) is 0 Å². The Labute approximate surface area is 104 Å². The SMILES string of the molecule is CCC(=O)CCCOc1ccccc1C(C)C. The molecule has 0 heterocycles. The van der Waals surface area contributed by atoms with Crippen LogP contribution in [0.5, 0.6) is 5.75 Å². The molecular formula is C15H22O2. The van der Waals surface area contributed by atoms with Gasteiger partial charge < -0.3 is 4.74 Å². The summed E-state index contributed by atoms with van der Waals surface area (Å²) in [5.74, 6) is 1.72. The van der Waals surface area contributed by atoms with Crippen molar-refractivity contribution >= 4 is 5.78 Å². The highest BCUT2D eigenvalue weighted by Crippen LogP contribution is 2.25. The van der Waals surface area contributed by atoms with Gasteiger partial charge in [0.2, 0.25) is 0 Å². The van der Waals surface area contributed by atoms with E-state index in [2.05, 4.69) is 19.9 Å². The Hall–Kier alpha value is -1.31. The fourth-order valence-corrected chi connectivity index (χ4v) is 1.72. The van der Waals surface area contributed by atoms with Crippen molar-refractivity contribution in [2.24, 2.45) is 0 Å². The molecule has 0 radical (unpaired) electrons. The Morgan fingerprint density at radius 2 is 2.00 bits per heavy atom. The summed E-state index contributed by atoms with van der Waals surface area (Å²) in [6.07, 6.45) is 2.06. The van der Waals surface area contributed by atoms with Gasteiger partial charge in [0.15, 0.2) is 0 Å². The fraction of sp³-hybridized carbons (Fsp3) is 0.533. The molecule has 0 amide bonds. The van der Waals surface area contributed by atoms with Crippen LogP contribution in [-0.4, -0.2) is 12.4 Å². The van der Waals surface area contributed by atoms with E-state index < -0.39 is 0 Å². The second kappa shape index (κ2) is 7.10. The van der Waals surface area contributed by atoms with E-state index in [9.17, 15) is 4.79 Å². The van der Waals surface area contributed by atoms with E-state index in [1.807, 2.05) is 25.1 Å². The van der Waals surface area contributed by atoms with Crippen LogP contribution in [0.2, 0.25) is 0 Å². The number of ketones is 1. The molecule has 1 aromatic rings. The molecule has 17 heavy (non-hydrogen) atoms. The molecule has 0 saturated heterocycles. The van der Waals surface area contributed by atoms with E-state index in [0.29, 0.717) is 31.1 Å². The maximum absolute atomic E-state index is 11.1. The summed E-state index contributed by atoms with van der Waals surface area (Å²) in [4.78, 5) is 11.1. The van der Waals surface area contributed by atoms with Crippen LogP contribution in [0.15, 0.2) is 24.3 Å². The molecular weight excluding hydrogens is 212 g/mol. The van der Waals surface area contributed by atoms with Crippen molar-refractivity contribution in [1.29, 1.82) is 0 Å². The number of hydrogen-bond acceptors (Lipinski definition) is 2. The molecule has 1 rings (SSSR count). The Morgan fingerprint density at radius 1 is 1.29 bits per heavy atom. The minimum Gasteiger partial charge on any atom is -0.493 e. The third-order valence-electron chi connectivity index (χ3n) is 2.79. The second-order valence-corrected chi connectivity index (χ2v) is 4.54. The van der Waals surface area contributed by atoms with E-state index >= 15 is 0 Å². The quantitative estimate of drug-likeness (QED) is 0.668. The summed E-state index contributed by atoms with van der Waals surface area (Å²) in [5, 5.41) is 0. The molecule has 0 atom stereocenters. The monoisotopic (exact) mass is 234 g/mol. The molecule has 0 fully saturated rings. The Balaban J connectivity index is 2.44. The first kappa shape index (κ1) is 13.8. The summed E-state index contributed by atoms with van der Waals surface area (Å²) in [6.45, 7) is 6.83. The fourth-order valence-electron chi connectivity index (χ4n) is 1.72. The van der Waals surface area contributed by atoms with Crippen molar-refractivity contribution in [2.45, 2.75) is 46.0 Å². The molecule has 0 aromatic heterocycles. The van der Waals surface area contributed by atoms with Crippen LogP contribution < -0.4 is 4.74 Å². The molecule has 0 unspecified atom stereocenters. The molecule has 1 aromatic carbocycles. The molecule has 94 valence electrons. The summed E-state index contributed by atoms with van der Waals surface area (Å²) in [6, 6.07) is 8.11. The van der Waals surface area contributed by atoms with E-state index in [1.54, 1.807) is 0 Å². The normalized spacial score (nSPS) is 10.6. The van der Waals surface area contributed by atoms with Gasteiger partial charge in [0.1, 0.15) is 11.5 Å². The number of rotatable bonds is 7. The molecule has 0 aliphatic carbocycles. The van der Waals surface area contributed by atoms with Crippen LogP contribution in [0, 0.1) is 0 Å². The first-order valence-electron chi connectivity index (χ1n) is 6.38. The Kier molecular flexibility index (Phi) is 5.75. The zero-order chi connectivity index (χ0) is 12.7. The molecule has 0 aliphatic rings. The number of para-hydroxylation sites is 1. The van der Waals surface area contributed by atoms with Gasteiger partial charge in [-0.25, -0.2) is 0 Å². The molecule has 0 spiro atoms. The predicted octanol–water partition coefficient (Wildman–Crippen LogP) is 3.95. The van der Waals surface area contributed by atoms with E-state index in [4.69, 9.17) is 4.74 Å². The van der Waals surface area contributed by atoms with Gasteiger partial charge in [0.05, 0.1) is 6.61 Å². The van der Waals surface area contributed by atoms with Gasteiger partial charge in [-0.3, -0.25) is 4.79 Å². The lowest BCUT2D eigenvalue weighted by atomic mass is 10.0. The van der Waals surface area contributed by atoms with Gasteiger partial charge in [0.25, 0.3) is 0 Å². The number of benzene rings is 1. The highest BCUT2D eigenvalue weighted by atomic mass is 16.5. The van der Waals surface area contributed by atoms with Gasteiger partial charge in [-0.1, -0.05) is 39.0 Å². The maximum atomic E-state index is 11.1. The lowest BCUT2D eigenvalue weighted by Gasteiger charge is -2.13. The van der Waals surface area contributed by atoms with Gasteiger partial charge in [0, 0.05) is 12.8 Å². The molecule has 2 nitrogen and oxygen atoms in total. The first-order valence-corrected chi connectivity index (χ1v) is 6.38. The van der Waals surface area contributed by atoms with Crippen molar-refractivity contribution in [1.82, 2.24) is 0 Å². The van der Waals surface area contributed by atoms with Crippen molar-refractivity contribution in [3.8, 4) is 5.75 Å². The highest BCUT2D eigenvalue weighted by Gasteiger charge is 2.06. The summed E-state index contributed by atoms with van der Waals surface area (Å²) < 4.78 is 5.74. The van der Waals surface area contributed by atoms with Crippen molar-refractivity contribution in [3.63, 3.8) is 0 Å². The number of hydrogen-bond donors (Lipinski definition) is 0. The number of ether oxygens (including phenoxy) is 1. The van der Waals surface area contributed by atoms with Gasteiger partial charge in [-0.05, 0) is 24.0 Å². The molecule has 0 saturated carbocycles. The minimum atomic E-state index is 0.311. The standard InChI is InChI=1S/C15H22O2/c1-4-13(16)8-7-11-17-15-10-6-5-9-14(15)12(2)3/h5-6,9-10,12H,4,7-8,11H2,1-3H3. The zero-order valence-corrected chi connectivity index (χ0v) is 11.0. The van der Waals surface area contributed by atoms with Gasteiger partial charge in [-0.2, -0.15) is 0 Å². The van der Waals surface area contributed by atoms with Gasteiger partial charge in [-0.15, -0.1) is 0 Å². The van der Waals surface area contributed by atoms with E-state index in [-0.39, 0.29) is 0 Å². The average molecular weight is 234 g/mol. The average Bonchev–Trinajstić information content (AvgIpc) is 2.34. The zero-order valence-electron chi connectivity index (χ0n) is 11.0. The number of carbonyl (C=O) groups excluding carboxylic acids is 1. The predicted molar refractivity (Wildman–Crippen MR) is 70.6 cm³/mol. The van der Waals surface area contributed by atoms with Crippen molar-refractivity contribution < 1.29 is 9.53 Å². The smallest absolute Gasteiger partial charge is 0.132 e. The maximum Gasteiger partial charge on any atom is 0.132 e. The van der Waals surface area contributed by atoms with Crippen LogP contribution >= 0.6 is 0 Å². The molecule has 0 aliphatic heterocycles. The van der Waals surface area contributed by atoms with Gasteiger partial charge >= 0.3 is 0 Å². The van der Waals surface area contributed by atoms with Crippen molar-refractivity contribution in [3.05, 3.63) is 29.8 Å². The number of carbonyl (C=O) groups is 1. The lowest BCUT2D eigenvalue weighted by Crippen LogP contribution is -2.04. The first-order chi connectivity index (χ1) is 8.15. The van der Waals surface area contributed by atoms with Crippen LogP contribution in [0.1, 0.15) is 51.5 Å². The molecule has 2 heteroatoms.